The molecule has 0 aliphatic carbocycles. The molecule has 0 aliphatic heterocycles. The van der Waals surface area contributed by atoms with Gasteiger partial charge in [0.05, 0.1) is 16.8 Å². The van der Waals surface area contributed by atoms with Crippen molar-refractivity contribution in [3.63, 3.8) is 0 Å². The Balaban J connectivity index is 1.52. The SMILES string of the molecule is O=c1sc2ccccc2n1Cc1nnc(SCc2ccc(Cl)cc2)n1-c1ccccc1. The number of rotatable bonds is 6. The maximum Gasteiger partial charge on any atom is 0.308 e. The minimum absolute atomic E-state index is 0.000760. The van der Waals surface area contributed by atoms with Crippen molar-refractivity contribution in [3.8, 4) is 5.69 Å². The second-order valence-electron chi connectivity index (χ2n) is 6.91. The minimum Gasteiger partial charge on any atom is -0.291 e. The molecule has 0 fully saturated rings. The molecule has 0 amide bonds. The summed E-state index contributed by atoms with van der Waals surface area (Å²) in [5.41, 5.74) is 3.03. The molecule has 0 spiro atoms. The highest BCUT2D eigenvalue weighted by Crippen LogP contribution is 2.27. The van der Waals surface area contributed by atoms with Crippen LogP contribution in [-0.2, 0) is 12.3 Å². The van der Waals surface area contributed by atoms with Crippen molar-refractivity contribution in [2.45, 2.75) is 17.5 Å². The van der Waals surface area contributed by atoms with Crippen molar-refractivity contribution in [2.24, 2.45) is 0 Å². The number of nitrogens with zero attached hydrogens (tertiary/aromatic N) is 4. The summed E-state index contributed by atoms with van der Waals surface area (Å²) in [5, 5.41) is 10.4. The highest BCUT2D eigenvalue weighted by molar-refractivity contribution is 7.98. The van der Waals surface area contributed by atoms with Crippen LogP contribution in [0.4, 0.5) is 0 Å². The lowest BCUT2D eigenvalue weighted by Crippen LogP contribution is -2.16. The summed E-state index contributed by atoms with van der Waals surface area (Å²) < 4.78 is 4.76. The lowest BCUT2D eigenvalue weighted by Gasteiger charge is -2.11. The maximum atomic E-state index is 12.6. The van der Waals surface area contributed by atoms with Crippen LogP contribution >= 0.6 is 34.7 Å². The molecular weight excluding hydrogens is 448 g/mol. The van der Waals surface area contributed by atoms with E-state index in [1.165, 1.54) is 11.3 Å². The smallest absolute Gasteiger partial charge is 0.291 e. The molecule has 5 rings (SSSR count). The topological polar surface area (TPSA) is 52.7 Å². The predicted molar refractivity (Wildman–Crippen MR) is 128 cm³/mol. The van der Waals surface area contributed by atoms with Gasteiger partial charge in [-0.15, -0.1) is 10.2 Å². The Morgan fingerprint density at radius 1 is 0.903 bits per heavy atom. The Morgan fingerprint density at radius 3 is 2.45 bits per heavy atom. The number of hydrogen-bond acceptors (Lipinski definition) is 5. The van der Waals surface area contributed by atoms with Gasteiger partial charge in [0.25, 0.3) is 0 Å². The third-order valence-corrected chi connectivity index (χ3v) is 7.08. The molecule has 2 heterocycles. The normalized spacial score (nSPS) is 11.3. The van der Waals surface area contributed by atoms with Gasteiger partial charge in [-0.3, -0.25) is 13.9 Å². The van der Waals surface area contributed by atoms with E-state index >= 15 is 0 Å². The van der Waals surface area contributed by atoms with Gasteiger partial charge in [0.15, 0.2) is 11.0 Å². The van der Waals surface area contributed by atoms with E-state index in [0.29, 0.717) is 6.54 Å². The van der Waals surface area contributed by atoms with E-state index in [4.69, 9.17) is 11.6 Å². The third kappa shape index (κ3) is 4.17. The molecular formula is C23H17ClN4OS2. The Labute approximate surface area is 191 Å². The average molecular weight is 465 g/mol. The molecule has 0 atom stereocenters. The number of para-hydroxylation sites is 2. The fourth-order valence-corrected chi connectivity index (χ4v) is 5.31. The zero-order valence-electron chi connectivity index (χ0n) is 16.3. The third-order valence-electron chi connectivity index (χ3n) is 4.87. The van der Waals surface area contributed by atoms with Gasteiger partial charge in [-0.1, -0.05) is 77.2 Å². The van der Waals surface area contributed by atoms with Crippen LogP contribution in [0.3, 0.4) is 0 Å². The summed E-state index contributed by atoms with van der Waals surface area (Å²) in [6.07, 6.45) is 0. The standard InChI is InChI=1S/C23H17ClN4OS2/c24-17-12-10-16(11-13-17)15-30-22-26-25-21(28(22)18-6-2-1-3-7-18)14-27-19-8-4-5-9-20(19)31-23(27)29/h1-13H,14-15H2. The van der Waals surface area contributed by atoms with Crippen molar-refractivity contribution in [2.75, 3.05) is 0 Å². The van der Waals surface area contributed by atoms with Gasteiger partial charge < -0.3 is 0 Å². The van der Waals surface area contributed by atoms with E-state index in [0.717, 1.165) is 43.2 Å². The van der Waals surface area contributed by atoms with E-state index in [1.807, 2.05) is 83.4 Å². The number of aromatic nitrogens is 4. The average Bonchev–Trinajstić information content (AvgIpc) is 3.34. The summed E-state index contributed by atoms with van der Waals surface area (Å²) in [7, 11) is 0. The van der Waals surface area contributed by atoms with E-state index in [-0.39, 0.29) is 4.87 Å². The first-order valence-electron chi connectivity index (χ1n) is 9.64. The molecule has 31 heavy (non-hydrogen) atoms. The lowest BCUT2D eigenvalue weighted by atomic mass is 10.2. The van der Waals surface area contributed by atoms with Crippen molar-refractivity contribution in [3.05, 3.63) is 105 Å². The molecule has 5 aromatic rings. The molecule has 3 aromatic carbocycles. The molecule has 0 radical (unpaired) electrons. The second kappa shape index (κ2) is 8.70. The summed E-state index contributed by atoms with van der Waals surface area (Å²) in [5.74, 6) is 1.46. The Kier molecular flexibility index (Phi) is 5.63. The predicted octanol–water partition coefficient (Wildman–Crippen LogP) is 5.64. The fourth-order valence-electron chi connectivity index (χ4n) is 3.37. The zero-order valence-corrected chi connectivity index (χ0v) is 18.7. The zero-order chi connectivity index (χ0) is 21.2. The molecule has 0 bridgehead atoms. The quantitative estimate of drug-likeness (QED) is 0.305. The van der Waals surface area contributed by atoms with Crippen LogP contribution in [0.1, 0.15) is 11.4 Å². The largest absolute Gasteiger partial charge is 0.308 e. The maximum absolute atomic E-state index is 12.6. The number of halogens is 1. The van der Waals surface area contributed by atoms with E-state index in [1.54, 1.807) is 16.3 Å². The van der Waals surface area contributed by atoms with Gasteiger partial charge in [-0.25, -0.2) is 0 Å². The number of thioether (sulfide) groups is 1. The van der Waals surface area contributed by atoms with Crippen LogP contribution in [0.2, 0.25) is 5.02 Å². The number of benzene rings is 3. The van der Waals surface area contributed by atoms with Crippen LogP contribution in [-0.4, -0.2) is 19.3 Å². The first kappa shape index (κ1) is 20.1. The number of thiazole rings is 1. The molecule has 5 nitrogen and oxygen atoms in total. The highest BCUT2D eigenvalue weighted by Gasteiger charge is 2.17. The molecule has 154 valence electrons. The summed E-state index contributed by atoms with van der Waals surface area (Å²) in [6, 6.07) is 25.6. The number of hydrogen-bond donors (Lipinski definition) is 0. The van der Waals surface area contributed by atoms with Gasteiger partial charge in [0, 0.05) is 16.5 Å². The molecule has 0 saturated carbocycles. The van der Waals surface area contributed by atoms with Crippen molar-refractivity contribution in [1.29, 1.82) is 0 Å². The Hall–Kier alpha value is -2.87. The van der Waals surface area contributed by atoms with Crippen molar-refractivity contribution in [1.82, 2.24) is 19.3 Å². The van der Waals surface area contributed by atoms with E-state index < -0.39 is 0 Å². The second-order valence-corrected chi connectivity index (χ2v) is 9.28. The van der Waals surface area contributed by atoms with Crippen LogP contribution in [0, 0.1) is 0 Å². The highest BCUT2D eigenvalue weighted by atomic mass is 35.5. The monoisotopic (exact) mass is 464 g/mol. The molecule has 2 aromatic heterocycles. The molecule has 0 aliphatic rings. The van der Waals surface area contributed by atoms with Crippen molar-refractivity contribution >= 4 is 44.9 Å². The van der Waals surface area contributed by atoms with Crippen LogP contribution < -0.4 is 4.87 Å². The first-order valence-corrected chi connectivity index (χ1v) is 11.8. The Morgan fingerprint density at radius 2 is 1.65 bits per heavy atom. The van der Waals surface area contributed by atoms with Gasteiger partial charge in [-0.2, -0.15) is 0 Å². The van der Waals surface area contributed by atoms with Crippen molar-refractivity contribution < 1.29 is 0 Å². The lowest BCUT2D eigenvalue weighted by molar-refractivity contribution is 0.726. The van der Waals surface area contributed by atoms with Crippen LogP contribution in [0.15, 0.2) is 88.8 Å². The molecule has 0 N–H and O–H groups in total. The minimum atomic E-state index is -0.000760. The molecule has 0 unspecified atom stereocenters. The van der Waals surface area contributed by atoms with Gasteiger partial charge in [-0.05, 0) is 42.0 Å². The summed E-state index contributed by atoms with van der Waals surface area (Å²) in [6.45, 7) is 0.353. The molecule has 8 heteroatoms. The summed E-state index contributed by atoms with van der Waals surface area (Å²) in [4.78, 5) is 12.6. The van der Waals surface area contributed by atoms with Crippen LogP contribution in [0.25, 0.3) is 15.9 Å². The van der Waals surface area contributed by atoms with Gasteiger partial charge in [0.2, 0.25) is 0 Å². The molecule has 0 saturated heterocycles. The van der Waals surface area contributed by atoms with Crippen LogP contribution in [0.5, 0.6) is 0 Å². The van der Waals surface area contributed by atoms with Gasteiger partial charge in [0.1, 0.15) is 0 Å². The van der Waals surface area contributed by atoms with E-state index in [2.05, 4.69) is 10.2 Å². The van der Waals surface area contributed by atoms with Gasteiger partial charge >= 0.3 is 4.87 Å². The first-order chi connectivity index (χ1) is 15.2. The fraction of sp³-hybridized carbons (Fsp3) is 0.0870. The van der Waals surface area contributed by atoms with E-state index in [9.17, 15) is 4.79 Å². The number of fused-ring (bicyclic) bond motifs is 1. The Bertz CT molecular complexity index is 1390. The summed E-state index contributed by atoms with van der Waals surface area (Å²) >= 11 is 8.85.